The lowest BCUT2D eigenvalue weighted by Crippen LogP contribution is -2.23. The van der Waals surface area contributed by atoms with Crippen LogP contribution in [0.4, 0.5) is 17.1 Å². The average molecular weight is 389 g/mol. The zero-order valence-corrected chi connectivity index (χ0v) is 17.7. The summed E-state index contributed by atoms with van der Waals surface area (Å²) in [6.45, 7) is 8.00. The fourth-order valence-corrected chi connectivity index (χ4v) is 3.21. The maximum absolute atomic E-state index is 13.1. The van der Waals surface area contributed by atoms with E-state index in [1.54, 1.807) is 31.3 Å². The number of hydrogen-bond donors (Lipinski definition) is 2. The third-order valence-electron chi connectivity index (χ3n) is 4.40. The summed E-state index contributed by atoms with van der Waals surface area (Å²) in [6.07, 6.45) is 0. The first-order valence-electron chi connectivity index (χ1n) is 10.1. The molecule has 2 N–H and O–H groups in total. The minimum absolute atomic E-state index is 0.133. The molecule has 4 nitrogen and oxygen atoms in total. The summed E-state index contributed by atoms with van der Waals surface area (Å²) in [6, 6.07) is 20.2. The first-order chi connectivity index (χ1) is 14.2. The Bertz CT molecular complexity index is 995. The zero-order valence-electron chi connectivity index (χ0n) is 17.7. The summed E-state index contributed by atoms with van der Waals surface area (Å²) in [5.41, 5.74) is 3.89. The summed E-state index contributed by atoms with van der Waals surface area (Å²) < 4.78 is 0. The Morgan fingerprint density at radius 1 is 0.586 bits per heavy atom. The Morgan fingerprint density at radius 3 is 1.55 bits per heavy atom. The number of anilines is 3. The first-order valence-corrected chi connectivity index (χ1v) is 10.1. The van der Waals surface area contributed by atoms with Gasteiger partial charge in [0, 0.05) is 29.5 Å². The van der Waals surface area contributed by atoms with Crippen LogP contribution >= 0.6 is 0 Å². The highest BCUT2D eigenvalue weighted by Gasteiger charge is 2.33. The molecule has 3 aromatic carbocycles. The van der Waals surface area contributed by atoms with Gasteiger partial charge in [0.1, 0.15) is 0 Å². The molecule has 0 aliphatic heterocycles. The van der Waals surface area contributed by atoms with Gasteiger partial charge < -0.3 is 10.6 Å². The molecule has 3 aromatic rings. The van der Waals surface area contributed by atoms with Gasteiger partial charge in [0.25, 0.3) is 0 Å². The number of carbonyl (C=O) groups is 2. The molecule has 0 amide bonds. The minimum atomic E-state index is -0.138. The van der Waals surface area contributed by atoms with Crippen LogP contribution in [0.1, 0.15) is 59.5 Å². The predicted octanol–water partition coefficient (Wildman–Crippen LogP) is 6.30. The van der Waals surface area contributed by atoms with Gasteiger partial charge in [-0.05, 0) is 24.3 Å². The van der Waals surface area contributed by atoms with E-state index in [2.05, 4.69) is 10.6 Å². The first kappa shape index (κ1) is 21.9. The number of rotatable bonds is 3. The van der Waals surface area contributed by atoms with Crippen molar-refractivity contribution in [1.82, 2.24) is 0 Å². The van der Waals surface area contributed by atoms with Gasteiger partial charge in [-0.3, -0.25) is 9.59 Å². The molecule has 4 heteroatoms. The number of benzene rings is 3. The molecule has 0 aromatic heterocycles. The molecular formula is C25H28N2O2. The number of carbonyl (C=O) groups excluding carboxylic acids is 2. The Morgan fingerprint density at radius 2 is 1.03 bits per heavy atom. The lowest BCUT2D eigenvalue weighted by Gasteiger charge is -2.23. The molecule has 1 aliphatic rings. The number of fused-ring (bicyclic) bond motifs is 2. The molecule has 0 fully saturated rings. The van der Waals surface area contributed by atoms with Crippen molar-refractivity contribution in [3.05, 3.63) is 89.0 Å². The van der Waals surface area contributed by atoms with Crippen molar-refractivity contribution in [2.75, 3.05) is 17.7 Å². The van der Waals surface area contributed by atoms with E-state index in [1.165, 1.54) is 0 Å². The number of hydrogen-bond acceptors (Lipinski definition) is 4. The summed E-state index contributed by atoms with van der Waals surface area (Å²) >= 11 is 0. The summed E-state index contributed by atoms with van der Waals surface area (Å²) in [4.78, 5) is 26.1. The van der Waals surface area contributed by atoms with Crippen LogP contribution in [0.15, 0.2) is 66.7 Å². The van der Waals surface area contributed by atoms with Crippen LogP contribution in [0.2, 0.25) is 0 Å². The lowest BCUT2D eigenvalue weighted by atomic mass is 9.82. The van der Waals surface area contributed by atoms with Crippen molar-refractivity contribution in [3.8, 4) is 0 Å². The van der Waals surface area contributed by atoms with Crippen LogP contribution in [0.25, 0.3) is 0 Å². The van der Waals surface area contributed by atoms with Crippen molar-refractivity contribution >= 4 is 28.6 Å². The highest BCUT2D eigenvalue weighted by Crippen LogP contribution is 2.37. The molecular weight excluding hydrogens is 360 g/mol. The standard InChI is InChI=1S/C21H16N2O2.2C2H6/c1-22-16-11-12-17(23-13-7-3-2-4-8-13)19-18(16)20(24)14-9-5-6-10-15(14)21(19)25;2*1-2/h2-12,22-23H,1H3;2*1-2H3. The normalized spacial score (nSPS) is 11.1. The molecule has 0 atom stereocenters. The third kappa shape index (κ3) is 4.21. The monoisotopic (exact) mass is 388 g/mol. The third-order valence-corrected chi connectivity index (χ3v) is 4.40. The van der Waals surface area contributed by atoms with Gasteiger partial charge in [-0.15, -0.1) is 0 Å². The highest BCUT2D eigenvalue weighted by molar-refractivity contribution is 6.32. The maximum atomic E-state index is 13.1. The van der Waals surface area contributed by atoms with Crippen molar-refractivity contribution in [2.45, 2.75) is 27.7 Å². The van der Waals surface area contributed by atoms with Gasteiger partial charge in [-0.1, -0.05) is 70.2 Å². The second kappa shape index (κ2) is 10.2. The van der Waals surface area contributed by atoms with Gasteiger partial charge in [0.05, 0.1) is 16.8 Å². The molecule has 0 heterocycles. The number of nitrogens with one attached hydrogen (secondary N) is 2. The zero-order chi connectivity index (χ0) is 21.4. The second-order valence-corrected chi connectivity index (χ2v) is 5.86. The van der Waals surface area contributed by atoms with Crippen LogP contribution in [-0.2, 0) is 0 Å². The molecule has 0 bridgehead atoms. The predicted molar refractivity (Wildman–Crippen MR) is 122 cm³/mol. The second-order valence-electron chi connectivity index (χ2n) is 5.86. The van der Waals surface area contributed by atoms with E-state index in [4.69, 9.17) is 0 Å². The molecule has 0 saturated heterocycles. The van der Waals surface area contributed by atoms with Gasteiger partial charge in [-0.2, -0.15) is 0 Å². The minimum Gasteiger partial charge on any atom is -0.388 e. The molecule has 1 aliphatic carbocycles. The van der Waals surface area contributed by atoms with Crippen molar-refractivity contribution in [3.63, 3.8) is 0 Å². The van der Waals surface area contributed by atoms with E-state index in [0.717, 1.165) is 5.69 Å². The van der Waals surface area contributed by atoms with Crippen LogP contribution in [0.3, 0.4) is 0 Å². The Kier molecular flexibility index (Phi) is 7.72. The molecule has 0 radical (unpaired) electrons. The highest BCUT2D eigenvalue weighted by atomic mass is 16.1. The van der Waals surface area contributed by atoms with E-state index < -0.39 is 0 Å². The van der Waals surface area contributed by atoms with Crippen LogP contribution in [-0.4, -0.2) is 18.6 Å². The van der Waals surface area contributed by atoms with Crippen molar-refractivity contribution < 1.29 is 9.59 Å². The Hall–Kier alpha value is -3.40. The Balaban J connectivity index is 0.000000707. The van der Waals surface area contributed by atoms with Crippen LogP contribution in [0.5, 0.6) is 0 Å². The van der Waals surface area contributed by atoms with Gasteiger partial charge >= 0.3 is 0 Å². The quantitative estimate of drug-likeness (QED) is 0.432. The smallest absolute Gasteiger partial charge is 0.196 e. The van der Waals surface area contributed by atoms with E-state index in [-0.39, 0.29) is 11.6 Å². The maximum Gasteiger partial charge on any atom is 0.196 e. The van der Waals surface area contributed by atoms with E-state index in [1.807, 2.05) is 70.2 Å². The molecule has 0 spiro atoms. The van der Waals surface area contributed by atoms with Crippen molar-refractivity contribution in [2.24, 2.45) is 0 Å². The number of para-hydroxylation sites is 1. The number of ketones is 2. The fraction of sp³-hybridized carbons (Fsp3) is 0.200. The summed E-state index contributed by atoms with van der Waals surface area (Å²) in [7, 11) is 1.75. The summed E-state index contributed by atoms with van der Waals surface area (Å²) in [5, 5.41) is 6.29. The van der Waals surface area contributed by atoms with Gasteiger partial charge in [0.2, 0.25) is 0 Å². The molecule has 4 rings (SSSR count). The van der Waals surface area contributed by atoms with Crippen molar-refractivity contribution in [1.29, 1.82) is 0 Å². The van der Waals surface area contributed by atoms with E-state index in [9.17, 15) is 9.59 Å². The van der Waals surface area contributed by atoms with Gasteiger partial charge in [-0.25, -0.2) is 0 Å². The van der Waals surface area contributed by atoms with E-state index in [0.29, 0.717) is 33.6 Å². The molecule has 29 heavy (non-hydrogen) atoms. The fourth-order valence-electron chi connectivity index (χ4n) is 3.21. The average Bonchev–Trinajstić information content (AvgIpc) is 2.80. The Labute approximate surface area is 173 Å². The van der Waals surface area contributed by atoms with Crippen LogP contribution in [0, 0.1) is 0 Å². The SMILES string of the molecule is CC.CC.CNc1ccc(Nc2ccccc2)c2c1C(=O)c1ccccc1C2=O. The van der Waals surface area contributed by atoms with Crippen LogP contribution < -0.4 is 10.6 Å². The molecule has 150 valence electrons. The largest absolute Gasteiger partial charge is 0.388 e. The lowest BCUT2D eigenvalue weighted by molar-refractivity contribution is 0.0980. The topological polar surface area (TPSA) is 58.2 Å². The molecule has 0 unspecified atom stereocenters. The summed E-state index contributed by atoms with van der Waals surface area (Å²) in [5.74, 6) is -0.271. The molecule has 0 saturated carbocycles. The van der Waals surface area contributed by atoms with Gasteiger partial charge in [0.15, 0.2) is 11.6 Å². The van der Waals surface area contributed by atoms with E-state index >= 15 is 0 Å².